The van der Waals surface area contributed by atoms with Crippen molar-refractivity contribution in [3.05, 3.63) is 32.9 Å². The van der Waals surface area contributed by atoms with Crippen molar-refractivity contribution in [1.29, 1.82) is 0 Å². The van der Waals surface area contributed by atoms with Crippen LogP contribution >= 0.6 is 22.6 Å². The molecule has 0 fully saturated rings. The number of hydrogen-bond donors (Lipinski definition) is 1. The lowest BCUT2D eigenvalue weighted by molar-refractivity contribution is 0.496. The molecule has 70 valence electrons. The third-order valence-corrected chi connectivity index (χ3v) is 3.44. The molecule has 2 heteroatoms. The van der Waals surface area contributed by atoms with Gasteiger partial charge in [-0.15, -0.1) is 0 Å². The average Bonchev–Trinajstić information content (AvgIpc) is 2.16. The molecule has 1 N–H and O–H groups in total. The zero-order valence-electron chi connectivity index (χ0n) is 7.81. The molecule has 1 nitrogen and oxygen atoms in total. The molecule has 0 amide bonds. The van der Waals surface area contributed by atoms with Crippen LogP contribution < -0.4 is 5.32 Å². The van der Waals surface area contributed by atoms with Crippen LogP contribution in [0, 0.1) is 3.57 Å². The second kappa shape index (κ2) is 3.96. The van der Waals surface area contributed by atoms with Crippen LogP contribution in [0.25, 0.3) is 0 Å². The molecule has 0 bridgehead atoms. The number of nitrogens with one attached hydrogen (secondary N) is 1. The Labute approximate surface area is 93.1 Å². The largest absolute Gasteiger partial charge is 0.313 e. The van der Waals surface area contributed by atoms with E-state index in [4.69, 9.17) is 0 Å². The Bertz CT molecular complexity index is 309. The number of benzene rings is 1. The first kappa shape index (κ1) is 9.46. The van der Waals surface area contributed by atoms with Crippen molar-refractivity contribution in [3.63, 3.8) is 0 Å². The van der Waals surface area contributed by atoms with Gasteiger partial charge in [-0.25, -0.2) is 0 Å². The van der Waals surface area contributed by atoms with Crippen molar-refractivity contribution >= 4 is 22.6 Å². The van der Waals surface area contributed by atoms with Gasteiger partial charge in [0, 0.05) is 9.61 Å². The van der Waals surface area contributed by atoms with Crippen molar-refractivity contribution in [2.45, 2.75) is 25.3 Å². The van der Waals surface area contributed by atoms with E-state index < -0.39 is 0 Å². The summed E-state index contributed by atoms with van der Waals surface area (Å²) < 4.78 is 1.35. The third kappa shape index (κ3) is 1.89. The predicted molar refractivity (Wildman–Crippen MR) is 63.9 cm³/mol. The Morgan fingerprint density at radius 3 is 3.08 bits per heavy atom. The summed E-state index contributed by atoms with van der Waals surface area (Å²) in [5.74, 6) is 0. The highest BCUT2D eigenvalue weighted by Crippen LogP contribution is 2.30. The molecule has 1 aromatic carbocycles. The molecule has 0 saturated heterocycles. The maximum atomic E-state index is 3.38. The smallest absolute Gasteiger partial charge is 0.0320 e. The number of hydrogen-bond acceptors (Lipinski definition) is 1. The lowest BCUT2D eigenvalue weighted by Gasteiger charge is -2.25. The number of halogens is 1. The minimum atomic E-state index is 0.584. The number of fused-ring (bicyclic) bond motifs is 1. The highest BCUT2D eigenvalue weighted by Gasteiger charge is 2.17. The summed E-state index contributed by atoms with van der Waals surface area (Å²) in [7, 11) is 2.05. The quantitative estimate of drug-likeness (QED) is 0.783. The van der Waals surface area contributed by atoms with Gasteiger partial charge >= 0.3 is 0 Å². The summed E-state index contributed by atoms with van der Waals surface area (Å²) >= 11 is 2.38. The summed E-state index contributed by atoms with van der Waals surface area (Å²) in [6.07, 6.45) is 3.85. The number of aryl methyl sites for hydroxylation is 1. The summed E-state index contributed by atoms with van der Waals surface area (Å²) in [6, 6.07) is 7.38. The number of rotatable bonds is 1. The summed E-state index contributed by atoms with van der Waals surface area (Å²) in [4.78, 5) is 0. The predicted octanol–water partition coefficient (Wildman–Crippen LogP) is 2.89. The van der Waals surface area contributed by atoms with E-state index in [2.05, 4.69) is 53.2 Å². The zero-order chi connectivity index (χ0) is 9.26. The highest BCUT2D eigenvalue weighted by molar-refractivity contribution is 14.1. The molecule has 0 radical (unpaired) electrons. The fourth-order valence-electron chi connectivity index (χ4n) is 2.08. The second-order valence-electron chi connectivity index (χ2n) is 3.58. The minimum absolute atomic E-state index is 0.584. The summed E-state index contributed by atoms with van der Waals surface area (Å²) in [6.45, 7) is 0. The van der Waals surface area contributed by atoms with Crippen LogP contribution in [0.1, 0.15) is 30.0 Å². The Kier molecular flexibility index (Phi) is 2.89. The molecule has 1 aliphatic rings. The monoisotopic (exact) mass is 287 g/mol. The van der Waals surface area contributed by atoms with E-state index in [9.17, 15) is 0 Å². The van der Waals surface area contributed by atoms with E-state index >= 15 is 0 Å². The maximum absolute atomic E-state index is 3.38. The van der Waals surface area contributed by atoms with Crippen molar-refractivity contribution in [2.24, 2.45) is 0 Å². The van der Waals surface area contributed by atoms with Crippen molar-refractivity contribution in [3.8, 4) is 0 Å². The van der Waals surface area contributed by atoms with Crippen LogP contribution in [0.4, 0.5) is 0 Å². The van der Waals surface area contributed by atoms with E-state index in [1.54, 1.807) is 0 Å². The van der Waals surface area contributed by atoms with Crippen LogP contribution in [0.5, 0.6) is 0 Å². The van der Waals surface area contributed by atoms with Gasteiger partial charge in [-0.1, -0.05) is 6.07 Å². The van der Waals surface area contributed by atoms with Gasteiger partial charge in [-0.3, -0.25) is 0 Å². The minimum Gasteiger partial charge on any atom is -0.313 e. The molecule has 0 heterocycles. The van der Waals surface area contributed by atoms with Crippen LogP contribution in [0.15, 0.2) is 18.2 Å². The van der Waals surface area contributed by atoms with Gasteiger partial charge in [0.25, 0.3) is 0 Å². The molecule has 0 aliphatic heterocycles. The van der Waals surface area contributed by atoms with Crippen LogP contribution in [-0.2, 0) is 6.42 Å². The fraction of sp³-hybridized carbons (Fsp3) is 0.455. The molecule has 0 aromatic heterocycles. The molecule has 1 atom stereocenters. The highest BCUT2D eigenvalue weighted by atomic mass is 127. The molecule has 1 aliphatic carbocycles. The van der Waals surface area contributed by atoms with E-state index in [0.717, 1.165) is 0 Å². The Morgan fingerprint density at radius 1 is 1.46 bits per heavy atom. The van der Waals surface area contributed by atoms with Gasteiger partial charge in [0.2, 0.25) is 0 Å². The van der Waals surface area contributed by atoms with E-state index in [1.165, 1.54) is 34.0 Å². The first-order valence-corrected chi connectivity index (χ1v) is 5.84. The summed E-state index contributed by atoms with van der Waals surface area (Å²) in [5, 5.41) is 3.38. The van der Waals surface area contributed by atoms with Crippen molar-refractivity contribution in [1.82, 2.24) is 5.32 Å². The van der Waals surface area contributed by atoms with Gasteiger partial charge in [0.15, 0.2) is 0 Å². The average molecular weight is 287 g/mol. The standard InChI is InChI=1S/C11H14IN/c1-13-11-4-2-3-8-7-9(12)5-6-10(8)11/h5-7,11,13H,2-4H2,1H3/t11-/m1/s1. The van der Waals surface area contributed by atoms with E-state index in [1.807, 2.05) is 0 Å². The lowest BCUT2D eigenvalue weighted by Crippen LogP contribution is -2.21. The SMILES string of the molecule is CN[C@@H]1CCCc2cc(I)ccc21. The Morgan fingerprint density at radius 2 is 2.31 bits per heavy atom. The Hall–Kier alpha value is -0.0900. The van der Waals surface area contributed by atoms with Gasteiger partial charge < -0.3 is 5.32 Å². The molecule has 1 aromatic rings. The molecule has 2 rings (SSSR count). The zero-order valence-corrected chi connectivity index (χ0v) is 9.97. The van der Waals surface area contributed by atoms with Crippen LogP contribution in [0.3, 0.4) is 0 Å². The molecular formula is C11H14IN. The first-order chi connectivity index (χ1) is 6.31. The normalized spacial score (nSPS) is 21.2. The summed E-state index contributed by atoms with van der Waals surface area (Å²) in [5.41, 5.74) is 3.05. The van der Waals surface area contributed by atoms with Crippen molar-refractivity contribution in [2.75, 3.05) is 7.05 Å². The van der Waals surface area contributed by atoms with E-state index in [0.29, 0.717) is 6.04 Å². The third-order valence-electron chi connectivity index (χ3n) is 2.77. The van der Waals surface area contributed by atoms with Gasteiger partial charge in [0.1, 0.15) is 0 Å². The van der Waals surface area contributed by atoms with Gasteiger partial charge in [0.05, 0.1) is 0 Å². The topological polar surface area (TPSA) is 12.0 Å². The van der Waals surface area contributed by atoms with Crippen molar-refractivity contribution < 1.29 is 0 Å². The molecular weight excluding hydrogens is 273 g/mol. The molecule has 0 saturated carbocycles. The lowest BCUT2D eigenvalue weighted by atomic mass is 9.88. The molecule has 0 unspecified atom stereocenters. The van der Waals surface area contributed by atoms with Gasteiger partial charge in [-0.2, -0.15) is 0 Å². The fourth-order valence-corrected chi connectivity index (χ4v) is 2.64. The van der Waals surface area contributed by atoms with Crippen LogP contribution in [-0.4, -0.2) is 7.05 Å². The maximum Gasteiger partial charge on any atom is 0.0320 e. The van der Waals surface area contributed by atoms with E-state index in [-0.39, 0.29) is 0 Å². The Balaban J connectivity index is 2.40. The first-order valence-electron chi connectivity index (χ1n) is 4.77. The molecule has 0 spiro atoms. The molecule has 13 heavy (non-hydrogen) atoms. The second-order valence-corrected chi connectivity index (χ2v) is 4.82. The van der Waals surface area contributed by atoms with Crippen LogP contribution in [0.2, 0.25) is 0 Å². The van der Waals surface area contributed by atoms with Gasteiger partial charge in [-0.05, 0) is 72.2 Å².